The summed E-state index contributed by atoms with van der Waals surface area (Å²) in [5.74, 6) is 0.344. The van der Waals surface area contributed by atoms with Crippen molar-refractivity contribution in [3.63, 3.8) is 0 Å². The highest BCUT2D eigenvalue weighted by atomic mass is 35.5. The summed E-state index contributed by atoms with van der Waals surface area (Å²) in [5, 5.41) is 10.2. The van der Waals surface area contributed by atoms with Gasteiger partial charge in [-0.2, -0.15) is 0 Å². The first-order chi connectivity index (χ1) is 6.24. The Bertz CT molecular complexity index is 291. The van der Waals surface area contributed by atoms with Gasteiger partial charge in [0, 0.05) is 18.7 Å². The van der Waals surface area contributed by atoms with Crippen molar-refractivity contribution in [3.05, 3.63) is 28.4 Å². The predicted molar refractivity (Wildman–Crippen MR) is 52.7 cm³/mol. The largest absolute Gasteiger partial charge is 0.476 e. The van der Waals surface area contributed by atoms with E-state index in [0.717, 1.165) is 6.20 Å². The molecule has 0 aliphatic rings. The third-order valence-corrected chi connectivity index (χ3v) is 1.30. The molecule has 14 heavy (non-hydrogen) atoms. The van der Waals surface area contributed by atoms with Crippen LogP contribution in [0, 0.1) is 10.1 Å². The molecule has 0 saturated carbocycles. The van der Waals surface area contributed by atoms with Gasteiger partial charge in [-0.1, -0.05) is 0 Å². The lowest BCUT2D eigenvalue weighted by Gasteiger charge is -2.01. The molecule has 7 heteroatoms. The monoisotopic (exact) mass is 219 g/mol. The molecule has 1 rings (SSSR count). The highest BCUT2D eigenvalue weighted by Crippen LogP contribution is 2.12. The van der Waals surface area contributed by atoms with Crippen molar-refractivity contribution in [2.45, 2.75) is 0 Å². The van der Waals surface area contributed by atoms with E-state index in [4.69, 9.17) is 10.5 Å². The van der Waals surface area contributed by atoms with Gasteiger partial charge in [-0.3, -0.25) is 10.1 Å². The van der Waals surface area contributed by atoms with Gasteiger partial charge in [-0.25, -0.2) is 4.98 Å². The van der Waals surface area contributed by atoms with E-state index in [1.807, 2.05) is 0 Å². The number of nitrogens with two attached hydrogens (primary N) is 1. The van der Waals surface area contributed by atoms with Gasteiger partial charge in [0.25, 0.3) is 5.69 Å². The Morgan fingerprint density at radius 2 is 2.29 bits per heavy atom. The van der Waals surface area contributed by atoms with Gasteiger partial charge >= 0.3 is 0 Å². The maximum Gasteiger partial charge on any atom is 0.287 e. The first-order valence-electron chi connectivity index (χ1n) is 3.67. The topological polar surface area (TPSA) is 91.3 Å². The third-order valence-electron chi connectivity index (χ3n) is 1.30. The van der Waals surface area contributed by atoms with Crippen molar-refractivity contribution in [2.24, 2.45) is 5.73 Å². The predicted octanol–water partition coefficient (Wildman–Crippen LogP) is 0.749. The molecule has 0 bridgehead atoms. The van der Waals surface area contributed by atoms with Crippen molar-refractivity contribution in [1.29, 1.82) is 0 Å². The Morgan fingerprint density at radius 1 is 1.57 bits per heavy atom. The van der Waals surface area contributed by atoms with Crippen LogP contribution in [0.15, 0.2) is 18.3 Å². The summed E-state index contributed by atoms with van der Waals surface area (Å²) in [5.41, 5.74) is 5.14. The minimum absolute atomic E-state index is 0. The molecule has 0 saturated heterocycles. The van der Waals surface area contributed by atoms with Gasteiger partial charge in [0.05, 0.1) is 4.92 Å². The number of ether oxygens (including phenoxy) is 1. The van der Waals surface area contributed by atoms with Crippen LogP contribution in [0.2, 0.25) is 0 Å². The van der Waals surface area contributed by atoms with Crippen LogP contribution in [0.1, 0.15) is 0 Å². The lowest BCUT2D eigenvalue weighted by atomic mass is 10.4. The number of halogens is 1. The molecule has 2 N–H and O–H groups in total. The van der Waals surface area contributed by atoms with E-state index in [2.05, 4.69) is 4.98 Å². The molecule has 0 amide bonds. The van der Waals surface area contributed by atoms with Gasteiger partial charge in [-0.15, -0.1) is 12.4 Å². The van der Waals surface area contributed by atoms with Crippen molar-refractivity contribution in [3.8, 4) is 5.88 Å². The lowest BCUT2D eigenvalue weighted by molar-refractivity contribution is -0.385. The third kappa shape index (κ3) is 3.55. The zero-order valence-corrected chi connectivity index (χ0v) is 8.07. The smallest absolute Gasteiger partial charge is 0.287 e. The molecular weight excluding hydrogens is 210 g/mol. The molecule has 0 unspecified atom stereocenters. The van der Waals surface area contributed by atoms with E-state index in [1.54, 1.807) is 0 Å². The number of pyridine rings is 1. The van der Waals surface area contributed by atoms with Crippen LogP contribution in [0.5, 0.6) is 5.88 Å². The van der Waals surface area contributed by atoms with Gasteiger partial charge in [0.1, 0.15) is 12.8 Å². The molecule has 0 atom stereocenters. The second-order valence-corrected chi connectivity index (χ2v) is 2.25. The molecule has 0 aliphatic heterocycles. The minimum Gasteiger partial charge on any atom is -0.476 e. The van der Waals surface area contributed by atoms with Crippen LogP contribution in [0.3, 0.4) is 0 Å². The minimum atomic E-state index is -0.514. The standard InChI is InChI=1S/C7H9N3O3.ClH/c8-3-4-13-7-2-1-6(5-9-7)10(11)12;/h1-2,5H,3-4,8H2;1H. The van der Waals surface area contributed by atoms with Crippen LogP contribution < -0.4 is 10.5 Å². The van der Waals surface area contributed by atoms with Crippen molar-refractivity contribution >= 4 is 18.1 Å². The van der Waals surface area contributed by atoms with E-state index in [1.165, 1.54) is 12.1 Å². The Labute approximate surface area is 86.6 Å². The molecule has 1 aromatic rings. The molecule has 0 fully saturated rings. The first-order valence-corrected chi connectivity index (χ1v) is 3.67. The number of rotatable bonds is 4. The summed E-state index contributed by atoms with van der Waals surface area (Å²) in [6.45, 7) is 0.740. The number of hydrogen-bond donors (Lipinski definition) is 1. The number of hydrogen-bond acceptors (Lipinski definition) is 5. The lowest BCUT2D eigenvalue weighted by Crippen LogP contribution is -2.11. The van der Waals surface area contributed by atoms with Gasteiger partial charge in [0.15, 0.2) is 0 Å². The van der Waals surface area contributed by atoms with Crippen molar-refractivity contribution < 1.29 is 9.66 Å². The zero-order chi connectivity index (χ0) is 9.68. The van der Waals surface area contributed by atoms with Gasteiger partial charge in [-0.05, 0) is 0 Å². The summed E-state index contributed by atoms with van der Waals surface area (Å²) in [7, 11) is 0. The van der Waals surface area contributed by atoms with Crippen LogP contribution in [-0.2, 0) is 0 Å². The Kier molecular flexibility index (Phi) is 5.50. The average Bonchev–Trinajstić information content (AvgIpc) is 2.15. The summed E-state index contributed by atoms with van der Waals surface area (Å²) in [4.78, 5) is 13.4. The molecule has 0 radical (unpaired) electrons. The Balaban J connectivity index is 0.00000169. The number of nitro groups is 1. The average molecular weight is 220 g/mol. The highest BCUT2D eigenvalue weighted by Gasteiger charge is 2.04. The maximum atomic E-state index is 10.2. The molecule has 0 aliphatic carbocycles. The molecule has 1 heterocycles. The fraction of sp³-hybridized carbons (Fsp3) is 0.286. The molecule has 78 valence electrons. The molecular formula is C7H10ClN3O3. The van der Waals surface area contributed by atoms with E-state index >= 15 is 0 Å². The van der Waals surface area contributed by atoms with E-state index in [0.29, 0.717) is 19.0 Å². The fourth-order valence-electron chi connectivity index (χ4n) is 0.729. The van der Waals surface area contributed by atoms with E-state index in [-0.39, 0.29) is 18.1 Å². The SMILES string of the molecule is Cl.NCCOc1ccc([N+](=O)[O-])cn1. The molecule has 0 aromatic carbocycles. The van der Waals surface area contributed by atoms with Crippen LogP contribution in [0.25, 0.3) is 0 Å². The van der Waals surface area contributed by atoms with Crippen molar-refractivity contribution in [1.82, 2.24) is 4.98 Å². The van der Waals surface area contributed by atoms with Crippen molar-refractivity contribution in [2.75, 3.05) is 13.2 Å². The second kappa shape index (κ2) is 6.11. The normalized spacial score (nSPS) is 8.93. The first kappa shape index (κ1) is 12.6. The number of nitrogens with zero attached hydrogens (tertiary/aromatic N) is 2. The molecule has 6 nitrogen and oxygen atoms in total. The molecule has 1 aromatic heterocycles. The van der Waals surface area contributed by atoms with Gasteiger partial charge in [0.2, 0.25) is 5.88 Å². The van der Waals surface area contributed by atoms with Gasteiger partial charge < -0.3 is 10.5 Å². The van der Waals surface area contributed by atoms with Crippen LogP contribution in [-0.4, -0.2) is 23.1 Å². The highest BCUT2D eigenvalue weighted by molar-refractivity contribution is 5.85. The number of aromatic nitrogens is 1. The Hall–Kier alpha value is -1.40. The second-order valence-electron chi connectivity index (χ2n) is 2.25. The summed E-state index contributed by atoms with van der Waals surface area (Å²) in [6.07, 6.45) is 1.14. The van der Waals surface area contributed by atoms with E-state index < -0.39 is 4.92 Å². The van der Waals surface area contributed by atoms with E-state index in [9.17, 15) is 10.1 Å². The summed E-state index contributed by atoms with van der Waals surface area (Å²) < 4.78 is 5.03. The molecule has 0 spiro atoms. The van der Waals surface area contributed by atoms with Crippen LogP contribution >= 0.6 is 12.4 Å². The van der Waals surface area contributed by atoms with Crippen LogP contribution in [0.4, 0.5) is 5.69 Å². The zero-order valence-electron chi connectivity index (χ0n) is 7.25. The summed E-state index contributed by atoms with van der Waals surface area (Å²) in [6, 6.07) is 2.77. The quantitative estimate of drug-likeness (QED) is 0.596. The Morgan fingerprint density at radius 3 is 2.71 bits per heavy atom. The summed E-state index contributed by atoms with van der Waals surface area (Å²) >= 11 is 0. The maximum absolute atomic E-state index is 10.2. The fourth-order valence-corrected chi connectivity index (χ4v) is 0.729.